The Morgan fingerprint density at radius 2 is 1.83 bits per heavy atom. The number of rotatable bonds is 4. The average molecular weight is 321 g/mol. The Morgan fingerprint density at radius 1 is 1.04 bits per heavy atom. The highest BCUT2D eigenvalue weighted by atomic mass is 16.4. The quantitative estimate of drug-likeness (QED) is 0.536. The first kappa shape index (κ1) is 14.3. The molecule has 0 radical (unpaired) electrons. The van der Waals surface area contributed by atoms with Crippen LogP contribution in [0.1, 0.15) is 18.9 Å². The number of nitrogens with zero attached hydrogens (tertiary/aromatic N) is 2. The van der Waals surface area contributed by atoms with Crippen molar-refractivity contribution in [1.82, 2.24) is 20.2 Å². The summed E-state index contributed by atoms with van der Waals surface area (Å²) in [5.41, 5.74) is 3.02. The van der Waals surface area contributed by atoms with E-state index in [2.05, 4.69) is 25.5 Å². The number of aromatic nitrogens is 4. The second-order valence-electron chi connectivity index (χ2n) is 5.52. The first-order valence-corrected chi connectivity index (χ1v) is 7.56. The Morgan fingerprint density at radius 3 is 2.67 bits per heavy atom. The van der Waals surface area contributed by atoms with E-state index in [0.717, 1.165) is 22.3 Å². The maximum Gasteiger partial charge on any atom is 0.323 e. The monoisotopic (exact) mass is 321 g/mol. The summed E-state index contributed by atoms with van der Waals surface area (Å²) in [6, 6.07) is 15.0. The number of anilines is 1. The van der Waals surface area contributed by atoms with Crippen LogP contribution in [0.25, 0.3) is 22.5 Å². The standard InChI is InChI=1S/C17H15N5O2/c1-10(15-21-22-16(24-15)11-5-3-2-4-6-11)18-12-7-8-13-14(9-12)20-17(23)19-13/h2-10,18H,1H3,(H2,19,20,23). The maximum atomic E-state index is 11.3. The summed E-state index contributed by atoms with van der Waals surface area (Å²) in [5, 5.41) is 11.5. The van der Waals surface area contributed by atoms with E-state index in [1.54, 1.807) is 0 Å². The van der Waals surface area contributed by atoms with Crippen molar-refractivity contribution >= 4 is 16.7 Å². The van der Waals surface area contributed by atoms with Gasteiger partial charge in [0.2, 0.25) is 11.8 Å². The molecule has 0 fully saturated rings. The highest BCUT2D eigenvalue weighted by Crippen LogP contribution is 2.24. The molecule has 3 N–H and O–H groups in total. The third-order valence-corrected chi connectivity index (χ3v) is 3.73. The van der Waals surface area contributed by atoms with Crippen LogP contribution in [-0.4, -0.2) is 20.2 Å². The summed E-state index contributed by atoms with van der Waals surface area (Å²) >= 11 is 0. The number of nitrogens with one attached hydrogen (secondary N) is 3. The first-order chi connectivity index (χ1) is 11.7. The summed E-state index contributed by atoms with van der Waals surface area (Å²) in [7, 11) is 0. The zero-order valence-electron chi connectivity index (χ0n) is 12.9. The van der Waals surface area contributed by atoms with E-state index in [-0.39, 0.29) is 11.7 Å². The fourth-order valence-electron chi connectivity index (χ4n) is 2.54. The molecule has 7 heteroatoms. The predicted molar refractivity (Wildman–Crippen MR) is 90.7 cm³/mol. The van der Waals surface area contributed by atoms with Crippen LogP contribution >= 0.6 is 0 Å². The normalized spacial score (nSPS) is 12.4. The van der Waals surface area contributed by atoms with Crippen molar-refractivity contribution in [3.63, 3.8) is 0 Å². The van der Waals surface area contributed by atoms with Crippen molar-refractivity contribution in [2.24, 2.45) is 0 Å². The van der Waals surface area contributed by atoms with Crippen molar-refractivity contribution in [1.29, 1.82) is 0 Å². The van der Waals surface area contributed by atoms with E-state index < -0.39 is 0 Å². The molecule has 0 aliphatic rings. The molecule has 2 heterocycles. The first-order valence-electron chi connectivity index (χ1n) is 7.56. The third-order valence-electron chi connectivity index (χ3n) is 3.73. The zero-order valence-corrected chi connectivity index (χ0v) is 12.9. The molecular formula is C17H15N5O2. The van der Waals surface area contributed by atoms with Gasteiger partial charge in [-0.15, -0.1) is 10.2 Å². The highest BCUT2D eigenvalue weighted by Gasteiger charge is 2.15. The minimum absolute atomic E-state index is 0.168. The number of aromatic amines is 2. The van der Waals surface area contributed by atoms with Gasteiger partial charge in [0.1, 0.15) is 6.04 Å². The van der Waals surface area contributed by atoms with Crippen LogP contribution in [-0.2, 0) is 0 Å². The topological polar surface area (TPSA) is 99.6 Å². The smallest absolute Gasteiger partial charge is 0.323 e. The van der Waals surface area contributed by atoms with Crippen LogP contribution in [0.5, 0.6) is 0 Å². The average Bonchev–Trinajstić information content (AvgIpc) is 3.21. The fraction of sp³-hybridized carbons (Fsp3) is 0.118. The van der Waals surface area contributed by atoms with E-state index in [0.29, 0.717) is 11.8 Å². The molecule has 2 aromatic heterocycles. The van der Waals surface area contributed by atoms with Crippen molar-refractivity contribution < 1.29 is 4.42 Å². The summed E-state index contributed by atoms with van der Waals surface area (Å²) in [4.78, 5) is 16.8. The molecule has 24 heavy (non-hydrogen) atoms. The number of hydrogen-bond acceptors (Lipinski definition) is 5. The lowest BCUT2D eigenvalue weighted by Gasteiger charge is -2.11. The molecular weight excluding hydrogens is 306 g/mol. The second kappa shape index (κ2) is 5.69. The molecule has 4 rings (SSSR count). The van der Waals surface area contributed by atoms with Gasteiger partial charge in [0.15, 0.2) is 0 Å². The highest BCUT2D eigenvalue weighted by molar-refractivity contribution is 5.78. The molecule has 0 bridgehead atoms. The van der Waals surface area contributed by atoms with Crippen LogP contribution in [0.15, 0.2) is 57.7 Å². The molecule has 0 aliphatic heterocycles. The Bertz CT molecular complexity index is 1030. The van der Waals surface area contributed by atoms with Crippen molar-refractivity contribution in [3.8, 4) is 11.5 Å². The number of imidazole rings is 1. The Labute approximate surface area is 136 Å². The number of fused-ring (bicyclic) bond motifs is 1. The minimum Gasteiger partial charge on any atom is -0.418 e. The summed E-state index contributed by atoms with van der Waals surface area (Å²) in [6.45, 7) is 1.94. The second-order valence-corrected chi connectivity index (χ2v) is 5.52. The van der Waals surface area contributed by atoms with E-state index in [1.807, 2.05) is 55.5 Å². The van der Waals surface area contributed by atoms with Crippen molar-refractivity contribution in [2.45, 2.75) is 13.0 Å². The van der Waals surface area contributed by atoms with Gasteiger partial charge in [-0.05, 0) is 37.3 Å². The SMILES string of the molecule is CC(Nc1ccc2[nH]c(=O)[nH]c2c1)c1nnc(-c2ccccc2)o1. The van der Waals surface area contributed by atoms with Gasteiger partial charge in [-0.2, -0.15) is 0 Å². The largest absolute Gasteiger partial charge is 0.418 e. The van der Waals surface area contributed by atoms with Crippen LogP contribution in [0.2, 0.25) is 0 Å². The van der Waals surface area contributed by atoms with Gasteiger partial charge in [-0.1, -0.05) is 18.2 Å². The molecule has 0 amide bonds. The molecule has 1 atom stereocenters. The third kappa shape index (κ3) is 2.67. The van der Waals surface area contributed by atoms with Gasteiger partial charge in [0, 0.05) is 11.3 Å². The van der Waals surface area contributed by atoms with Crippen LogP contribution in [0.4, 0.5) is 5.69 Å². The molecule has 0 spiro atoms. The molecule has 7 nitrogen and oxygen atoms in total. The Kier molecular flexibility index (Phi) is 3.38. The Hall–Kier alpha value is -3.35. The van der Waals surface area contributed by atoms with Gasteiger partial charge in [0.05, 0.1) is 11.0 Å². The Balaban J connectivity index is 1.56. The van der Waals surface area contributed by atoms with Gasteiger partial charge in [-0.3, -0.25) is 0 Å². The number of H-pyrrole nitrogens is 2. The molecule has 0 aliphatic carbocycles. The molecule has 1 unspecified atom stereocenters. The lowest BCUT2D eigenvalue weighted by Crippen LogP contribution is -2.06. The van der Waals surface area contributed by atoms with Crippen LogP contribution < -0.4 is 11.0 Å². The summed E-state index contributed by atoms with van der Waals surface area (Å²) in [6.07, 6.45) is 0. The summed E-state index contributed by atoms with van der Waals surface area (Å²) in [5.74, 6) is 0.987. The molecule has 0 saturated heterocycles. The maximum absolute atomic E-state index is 11.3. The van der Waals surface area contributed by atoms with Gasteiger partial charge in [0.25, 0.3) is 0 Å². The lowest BCUT2D eigenvalue weighted by molar-refractivity contribution is 0.485. The predicted octanol–water partition coefficient (Wildman–Crippen LogP) is 3.08. The van der Waals surface area contributed by atoms with Crippen LogP contribution in [0.3, 0.4) is 0 Å². The number of benzene rings is 2. The van der Waals surface area contributed by atoms with E-state index in [4.69, 9.17) is 4.42 Å². The van der Waals surface area contributed by atoms with E-state index in [9.17, 15) is 4.79 Å². The molecule has 4 aromatic rings. The summed E-state index contributed by atoms with van der Waals surface area (Å²) < 4.78 is 5.75. The zero-order chi connectivity index (χ0) is 16.5. The lowest BCUT2D eigenvalue weighted by atomic mass is 10.2. The van der Waals surface area contributed by atoms with Gasteiger partial charge in [-0.25, -0.2) is 4.79 Å². The van der Waals surface area contributed by atoms with Gasteiger partial charge < -0.3 is 19.7 Å². The van der Waals surface area contributed by atoms with Crippen molar-refractivity contribution in [3.05, 3.63) is 64.9 Å². The number of hydrogen-bond donors (Lipinski definition) is 3. The fourth-order valence-corrected chi connectivity index (χ4v) is 2.54. The molecule has 0 saturated carbocycles. The molecule has 2 aromatic carbocycles. The van der Waals surface area contributed by atoms with E-state index in [1.165, 1.54) is 0 Å². The molecule has 120 valence electrons. The van der Waals surface area contributed by atoms with Crippen LogP contribution in [0, 0.1) is 0 Å². The van der Waals surface area contributed by atoms with E-state index >= 15 is 0 Å². The minimum atomic E-state index is -0.223. The van der Waals surface area contributed by atoms with Crippen molar-refractivity contribution in [2.75, 3.05) is 5.32 Å². The van der Waals surface area contributed by atoms with Gasteiger partial charge >= 0.3 is 5.69 Å².